The number of likely N-dealkylation sites (tertiary alicyclic amines) is 1. The number of cyclic esters (lactones) is 1. The number of esters is 1. The lowest BCUT2D eigenvalue weighted by molar-refractivity contribution is -0.165. The Morgan fingerprint density at radius 3 is 2.66 bits per heavy atom. The predicted octanol–water partition coefficient (Wildman–Crippen LogP) is 2.16. The number of carbonyl (C=O) groups excluding carboxylic acids is 3. The second kappa shape index (κ2) is 7.98. The number of carbonyl (C=O) groups is 3. The van der Waals surface area contributed by atoms with Gasteiger partial charge in [-0.25, -0.2) is 4.79 Å². The molecule has 0 bridgehead atoms. The smallest absolute Gasteiger partial charge is 0.411 e. The van der Waals surface area contributed by atoms with Crippen LogP contribution in [0, 0.1) is 0 Å². The van der Waals surface area contributed by atoms with Crippen molar-refractivity contribution in [3.63, 3.8) is 0 Å². The molecular weight excluding hydrogens is 376 g/mol. The Bertz CT molecular complexity index is 882. The van der Waals surface area contributed by atoms with Gasteiger partial charge in [-0.15, -0.1) is 0 Å². The van der Waals surface area contributed by atoms with E-state index in [2.05, 4.69) is 0 Å². The van der Waals surface area contributed by atoms with E-state index < -0.39 is 18.1 Å². The number of amides is 2. The summed E-state index contributed by atoms with van der Waals surface area (Å²) in [6.07, 6.45) is 2.20. The minimum atomic E-state index is -0.685. The molecule has 2 saturated heterocycles. The summed E-state index contributed by atoms with van der Waals surface area (Å²) in [6, 6.07) is 11.8. The second-order valence-electron chi connectivity index (χ2n) is 7.08. The molecule has 0 aliphatic carbocycles. The van der Waals surface area contributed by atoms with Gasteiger partial charge >= 0.3 is 12.1 Å². The Labute approximate surface area is 168 Å². The largest absolute Gasteiger partial charge is 0.469 e. The van der Waals surface area contributed by atoms with Crippen molar-refractivity contribution in [3.05, 3.63) is 60.1 Å². The maximum Gasteiger partial charge on any atom is 0.411 e. The lowest BCUT2D eigenvalue weighted by atomic mass is 9.87. The van der Waals surface area contributed by atoms with E-state index in [0.717, 1.165) is 11.3 Å². The molecule has 3 atom stereocenters. The molecule has 0 saturated carbocycles. The molecule has 152 valence electrons. The monoisotopic (exact) mass is 398 g/mol. The zero-order valence-electron chi connectivity index (χ0n) is 16.0. The van der Waals surface area contributed by atoms with Gasteiger partial charge in [0.15, 0.2) is 0 Å². The van der Waals surface area contributed by atoms with E-state index in [0.29, 0.717) is 12.8 Å². The number of rotatable bonds is 7. The molecule has 1 aromatic heterocycles. The fourth-order valence-electron chi connectivity index (χ4n) is 4.02. The topological polar surface area (TPSA) is 89.3 Å². The van der Waals surface area contributed by atoms with Crippen LogP contribution in [0.3, 0.4) is 0 Å². The molecule has 2 aromatic rings. The Morgan fingerprint density at radius 1 is 1.17 bits per heavy atom. The van der Waals surface area contributed by atoms with Crippen LogP contribution in [0.5, 0.6) is 0 Å². The summed E-state index contributed by atoms with van der Waals surface area (Å²) in [5.41, 5.74) is 0.905. The van der Waals surface area contributed by atoms with Crippen molar-refractivity contribution in [2.75, 3.05) is 20.3 Å². The first-order chi connectivity index (χ1) is 14.1. The molecular formula is C21H22N2O6. The highest BCUT2D eigenvalue weighted by Gasteiger charge is 2.56. The number of hydrogen-bond donors (Lipinski definition) is 0. The lowest BCUT2D eigenvalue weighted by Crippen LogP contribution is -2.71. The summed E-state index contributed by atoms with van der Waals surface area (Å²) in [6.45, 7) is 0.0437. The molecule has 1 aromatic carbocycles. The summed E-state index contributed by atoms with van der Waals surface area (Å²) in [7, 11) is 1.28. The summed E-state index contributed by atoms with van der Waals surface area (Å²) < 4.78 is 15.4. The molecule has 2 amide bonds. The van der Waals surface area contributed by atoms with Crippen LogP contribution in [0.15, 0.2) is 53.1 Å². The van der Waals surface area contributed by atoms with Crippen LogP contribution < -0.4 is 0 Å². The average Bonchev–Trinajstić information content (AvgIpc) is 3.39. The van der Waals surface area contributed by atoms with Crippen molar-refractivity contribution in [2.24, 2.45) is 0 Å². The van der Waals surface area contributed by atoms with Crippen molar-refractivity contribution in [1.29, 1.82) is 0 Å². The molecule has 4 rings (SSSR count). The van der Waals surface area contributed by atoms with Crippen molar-refractivity contribution >= 4 is 18.0 Å². The molecule has 2 unspecified atom stereocenters. The normalized spacial score (nSPS) is 23.7. The molecule has 0 radical (unpaired) electrons. The van der Waals surface area contributed by atoms with E-state index in [1.807, 2.05) is 36.4 Å². The number of benzene rings is 1. The number of methoxy groups -OCH3 is 1. The average molecular weight is 398 g/mol. The molecule has 0 spiro atoms. The lowest BCUT2D eigenvalue weighted by Gasteiger charge is -2.50. The Hall–Kier alpha value is -3.29. The van der Waals surface area contributed by atoms with E-state index in [1.165, 1.54) is 16.9 Å². The fraction of sp³-hybridized carbons (Fsp3) is 0.381. The number of nitrogens with zero attached hydrogens (tertiary/aromatic N) is 2. The third-order valence-electron chi connectivity index (χ3n) is 5.49. The van der Waals surface area contributed by atoms with Crippen LogP contribution in [0.25, 0.3) is 0 Å². The third kappa shape index (κ3) is 3.57. The van der Waals surface area contributed by atoms with Gasteiger partial charge in [0.1, 0.15) is 25.0 Å². The third-order valence-corrected chi connectivity index (χ3v) is 5.49. The van der Waals surface area contributed by atoms with E-state index in [4.69, 9.17) is 13.9 Å². The Balaban J connectivity index is 1.57. The van der Waals surface area contributed by atoms with Gasteiger partial charge in [-0.1, -0.05) is 30.3 Å². The van der Waals surface area contributed by atoms with E-state index >= 15 is 0 Å². The first-order valence-corrected chi connectivity index (χ1v) is 9.50. The van der Waals surface area contributed by atoms with Gasteiger partial charge < -0.3 is 18.8 Å². The van der Waals surface area contributed by atoms with E-state index in [-0.39, 0.29) is 31.1 Å². The number of aryl methyl sites for hydroxylation is 1. The molecule has 2 aliphatic heterocycles. The van der Waals surface area contributed by atoms with Crippen molar-refractivity contribution in [3.8, 4) is 0 Å². The van der Waals surface area contributed by atoms with Gasteiger partial charge in [-0.05, 0) is 24.1 Å². The minimum Gasteiger partial charge on any atom is -0.469 e. The SMILES string of the molecule is COC(=O)CN1C(=O)C(N2C(=O)OC[C@H]2c2ccccc2)C1CCc1ccco1. The maximum atomic E-state index is 12.9. The zero-order chi connectivity index (χ0) is 20.4. The first kappa shape index (κ1) is 19.0. The molecule has 8 nitrogen and oxygen atoms in total. The quantitative estimate of drug-likeness (QED) is 0.525. The fourth-order valence-corrected chi connectivity index (χ4v) is 4.02. The molecule has 29 heavy (non-hydrogen) atoms. The number of β-lactam (4-membered cyclic amide) rings is 1. The van der Waals surface area contributed by atoms with Crippen molar-refractivity contribution in [2.45, 2.75) is 31.0 Å². The molecule has 3 heterocycles. The molecule has 2 aliphatic rings. The van der Waals surface area contributed by atoms with E-state index in [9.17, 15) is 14.4 Å². The summed E-state index contributed by atoms with van der Waals surface area (Å²) >= 11 is 0. The van der Waals surface area contributed by atoms with Gasteiger partial charge in [0.05, 0.1) is 25.5 Å². The Morgan fingerprint density at radius 2 is 1.97 bits per heavy atom. The molecule has 8 heteroatoms. The Kier molecular flexibility index (Phi) is 5.24. The second-order valence-corrected chi connectivity index (χ2v) is 7.08. The number of hydrogen-bond acceptors (Lipinski definition) is 6. The van der Waals surface area contributed by atoms with Gasteiger partial charge in [-0.3, -0.25) is 14.5 Å². The summed E-state index contributed by atoms with van der Waals surface area (Å²) in [4.78, 5) is 40.2. The highest BCUT2D eigenvalue weighted by Crippen LogP contribution is 2.38. The van der Waals surface area contributed by atoms with Gasteiger partial charge in [0, 0.05) is 6.42 Å². The highest BCUT2D eigenvalue weighted by molar-refractivity contribution is 5.95. The van der Waals surface area contributed by atoms with Gasteiger partial charge in [0.25, 0.3) is 0 Å². The van der Waals surface area contributed by atoms with Crippen LogP contribution in [0.1, 0.15) is 23.8 Å². The molecule has 2 fully saturated rings. The van der Waals surface area contributed by atoms with Gasteiger partial charge in [-0.2, -0.15) is 0 Å². The van der Waals surface area contributed by atoms with Crippen LogP contribution in [-0.2, 0) is 25.5 Å². The highest BCUT2D eigenvalue weighted by atomic mass is 16.6. The maximum absolute atomic E-state index is 12.9. The van der Waals surface area contributed by atoms with Crippen molar-refractivity contribution < 1.29 is 28.3 Å². The minimum absolute atomic E-state index is 0.145. The predicted molar refractivity (Wildman–Crippen MR) is 101 cm³/mol. The van der Waals surface area contributed by atoms with Crippen molar-refractivity contribution in [1.82, 2.24) is 9.80 Å². The van der Waals surface area contributed by atoms with Gasteiger partial charge in [0.2, 0.25) is 5.91 Å². The zero-order valence-corrected chi connectivity index (χ0v) is 16.0. The van der Waals surface area contributed by atoms with Crippen LogP contribution in [0.4, 0.5) is 4.79 Å². The van der Waals surface area contributed by atoms with Crippen LogP contribution in [-0.4, -0.2) is 60.1 Å². The standard InChI is InChI=1S/C21H22N2O6/c1-27-18(24)12-22-16(10-9-15-8-5-11-28-15)19(20(22)25)23-17(13-29-21(23)26)14-6-3-2-4-7-14/h2-8,11,16-17,19H,9-10,12-13H2,1H3/t16?,17-,19?/m0/s1. The summed E-state index contributed by atoms with van der Waals surface area (Å²) in [5.74, 6) is 0.00718. The number of ether oxygens (including phenoxy) is 2. The number of furan rings is 1. The molecule has 0 N–H and O–H groups in total. The first-order valence-electron chi connectivity index (χ1n) is 9.50. The van der Waals surface area contributed by atoms with E-state index in [1.54, 1.807) is 12.3 Å². The van der Waals surface area contributed by atoms with Crippen LogP contribution >= 0.6 is 0 Å². The van der Waals surface area contributed by atoms with Crippen LogP contribution in [0.2, 0.25) is 0 Å². The summed E-state index contributed by atoms with van der Waals surface area (Å²) in [5, 5.41) is 0.